The van der Waals surface area contributed by atoms with Crippen LogP contribution in [0.2, 0.25) is 5.15 Å². The minimum Gasteiger partial charge on any atom is -0.391 e. The fourth-order valence-corrected chi connectivity index (χ4v) is 2.02. The fraction of sp³-hybridized carbons (Fsp3) is 0.625. The van der Waals surface area contributed by atoms with Crippen LogP contribution in [0.25, 0.3) is 0 Å². The second-order valence-corrected chi connectivity index (χ2v) is 4.51. The molecular formula is C8H11ClN2OS. The van der Waals surface area contributed by atoms with Crippen LogP contribution in [-0.4, -0.2) is 22.7 Å². The molecule has 0 aromatic carbocycles. The van der Waals surface area contributed by atoms with Gasteiger partial charge in [0.2, 0.25) is 0 Å². The Morgan fingerprint density at radius 2 is 2.54 bits per heavy atom. The average Bonchev–Trinajstić information content (AvgIpc) is 2.87. The number of nitrogens with one attached hydrogen (secondary N) is 1. The Balaban J connectivity index is 1.78. The zero-order valence-corrected chi connectivity index (χ0v) is 8.61. The molecule has 2 rings (SSSR count). The third kappa shape index (κ3) is 2.56. The van der Waals surface area contributed by atoms with Gasteiger partial charge >= 0.3 is 0 Å². The third-order valence-electron chi connectivity index (χ3n) is 2.10. The van der Waals surface area contributed by atoms with Crippen molar-refractivity contribution in [1.82, 2.24) is 4.98 Å². The summed E-state index contributed by atoms with van der Waals surface area (Å²) in [5.41, 5.74) is 0. The van der Waals surface area contributed by atoms with Crippen LogP contribution in [0.5, 0.6) is 0 Å². The topological polar surface area (TPSA) is 45.1 Å². The number of hydrogen-bond donors (Lipinski definition) is 2. The number of aromatic nitrogens is 1. The molecule has 1 unspecified atom stereocenters. The van der Waals surface area contributed by atoms with Crippen LogP contribution in [-0.2, 0) is 0 Å². The molecule has 1 heterocycles. The highest BCUT2D eigenvalue weighted by Gasteiger charge is 2.29. The lowest BCUT2D eigenvalue weighted by molar-refractivity contribution is 0.164. The monoisotopic (exact) mass is 218 g/mol. The van der Waals surface area contributed by atoms with Gasteiger partial charge in [0.25, 0.3) is 0 Å². The summed E-state index contributed by atoms with van der Waals surface area (Å²) in [5.74, 6) is 0.503. The van der Waals surface area contributed by atoms with E-state index in [0.29, 0.717) is 17.6 Å². The second kappa shape index (κ2) is 3.82. The molecule has 1 aliphatic carbocycles. The van der Waals surface area contributed by atoms with Crippen molar-refractivity contribution in [2.75, 3.05) is 11.9 Å². The maximum atomic E-state index is 9.54. The van der Waals surface area contributed by atoms with Crippen molar-refractivity contribution in [3.05, 3.63) is 10.5 Å². The third-order valence-corrected chi connectivity index (χ3v) is 3.23. The van der Waals surface area contributed by atoms with Crippen molar-refractivity contribution in [3.63, 3.8) is 0 Å². The number of hydrogen-bond acceptors (Lipinski definition) is 4. The largest absolute Gasteiger partial charge is 0.391 e. The second-order valence-electron chi connectivity index (χ2n) is 3.26. The van der Waals surface area contributed by atoms with Crippen LogP contribution < -0.4 is 5.32 Å². The Morgan fingerprint density at radius 3 is 3.08 bits per heavy atom. The van der Waals surface area contributed by atoms with Gasteiger partial charge in [0.05, 0.1) is 6.10 Å². The van der Waals surface area contributed by atoms with E-state index in [1.165, 1.54) is 11.3 Å². The molecule has 1 aliphatic rings. The van der Waals surface area contributed by atoms with E-state index in [4.69, 9.17) is 11.6 Å². The first-order valence-electron chi connectivity index (χ1n) is 4.28. The Labute approximate surface area is 85.8 Å². The van der Waals surface area contributed by atoms with Crippen molar-refractivity contribution in [1.29, 1.82) is 0 Å². The summed E-state index contributed by atoms with van der Waals surface area (Å²) < 4.78 is 0. The Bertz CT molecular complexity index is 287. The molecule has 0 bridgehead atoms. The van der Waals surface area contributed by atoms with Gasteiger partial charge in [0.1, 0.15) is 5.15 Å². The minimum atomic E-state index is -0.234. The Hall–Kier alpha value is -0.320. The highest BCUT2D eigenvalue weighted by molar-refractivity contribution is 7.14. The summed E-state index contributed by atoms with van der Waals surface area (Å²) in [6, 6.07) is 0. The molecule has 5 heteroatoms. The lowest BCUT2D eigenvalue weighted by atomic mass is 10.2. The normalized spacial score (nSPS) is 18.6. The summed E-state index contributed by atoms with van der Waals surface area (Å²) in [7, 11) is 0. The van der Waals surface area contributed by atoms with Crippen molar-refractivity contribution >= 4 is 28.1 Å². The van der Waals surface area contributed by atoms with E-state index in [2.05, 4.69) is 10.3 Å². The number of halogens is 1. The van der Waals surface area contributed by atoms with E-state index in [9.17, 15) is 5.11 Å². The first-order chi connectivity index (χ1) is 6.25. The zero-order chi connectivity index (χ0) is 9.26. The van der Waals surface area contributed by atoms with Crippen LogP contribution in [0.3, 0.4) is 0 Å². The maximum Gasteiger partial charge on any atom is 0.184 e. The smallest absolute Gasteiger partial charge is 0.184 e. The molecule has 1 saturated carbocycles. The molecule has 0 aliphatic heterocycles. The fourth-order valence-electron chi connectivity index (χ4n) is 1.17. The molecule has 2 N–H and O–H groups in total. The summed E-state index contributed by atoms with van der Waals surface area (Å²) in [6.45, 7) is 0.578. The van der Waals surface area contributed by atoms with E-state index in [-0.39, 0.29) is 6.10 Å². The van der Waals surface area contributed by atoms with Gasteiger partial charge in [-0.25, -0.2) is 4.98 Å². The first-order valence-corrected chi connectivity index (χ1v) is 5.54. The Morgan fingerprint density at radius 1 is 1.77 bits per heavy atom. The van der Waals surface area contributed by atoms with Gasteiger partial charge in [0.15, 0.2) is 5.13 Å². The number of aliphatic hydroxyl groups is 1. The Kier molecular flexibility index (Phi) is 2.71. The van der Waals surface area contributed by atoms with Crippen molar-refractivity contribution < 1.29 is 5.11 Å². The molecule has 3 nitrogen and oxygen atoms in total. The zero-order valence-electron chi connectivity index (χ0n) is 7.03. The summed E-state index contributed by atoms with van der Waals surface area (Å²) in [5, 5.41) is 15.7. The maximum absolute atomic E-state index is 9.54. The van der Waals surface area contributed by atoms with Crippen LogP contribution in [0.15, 0.2) is 5.38 Å². The predicted octanol–water partition coefficient (Wildman–Crippen LogP) is 1.98. The molecule has 0 spiro atoms. The summed E-state index contributed by atoms with van der Waals surface area (Å²) in [4.78, 5) is 4.02. The number of nitrogens with zero attached hydrogens (tertiary/aromatic N) is 1. The van der Waals surface area contributed by atoms with E-state index < -0.39 is 0 Å². The van der Waals surface area contributed by atoms with Gasteiger partial charge in [-0.1, -0.05) is 11.6 Å². The van der Waals surface area contributed by atoms with Crippen LogP contribution in [0.1, 0.15) is 12.8 Å². The lowest BCUT2D eigenvalue weighted by Crippen LogP contribution is -2.21. The van der Waals surface area contributed by atoms with Gasteiger partial charge in [-0.2, -0.15) is 0 Å². The average molecular weight is 219 g/mol. The van der Waals surface area contributed by atoms with E-state index in [1.54, 1.807) is 5.38 Å². The van der Waals surface area contributed by atoms with Gasteiger partial charge in [-0.15, -0.1) is 11.3 Å². The van der Waals surface area contributed by atoms with Gasteiger partial charge in [0, 0.05) is 11.9 Å². The molecular weight excluding hydrogens is 208 g/mol. The van der Waals surface area contributed by atoms with Crippen molar-refractivity contribution in [2.24, 2.45) is 5.92 Å². The number of thiazole rings is 1. The number of anilines is 1. The van der Waals surface area contributed by atoms with E-state index >= 15 is 0 Å². The molecule has 0 amide bonds. The first kappa shape index (κ1) is 9.24. The highest BCUT2D eigenvalue weighted by Crippen LogP contribution is 2.32. The highest BCUT2D eigenvalue weighted by atomic mass is 35.5. The number of aliphatic hydroxyl groups excluding tert-OH is 1. The predicted molar refractivity (Wildman–Crippen MR) is 54.3 cm³/mol. The molecule has 72 valence electrons. The van der Waals surface area contributed by atoms with Gasteiger partial charge < -0.3 is 10.4 Å². The quantitative estimate of drug-likeness (QED) is 0.813. The standard InChI is InChI=1S/C8H11ClN2OS/c9-7-4-13-8(11-7)10-3-6(12)5-1-2-5/h4-6,12H,1-3H2,(H,10,11). The van der Waals surface area contributed by atoms with E-state index in [0.717, 1.165) is 18.0 Å². The van der Waals surface area contributed by atoms with Crippen molar-refractivity contribution in [3.8, 4) is 0 Å². The van der Waals surface area contributed by atoms with Crippen LogP contribution in [0, 0.1) is 5.92 Å². The minimum absolute atomic E-state index is 0.234. The van der Waals surface area contributed by atoms with Gasteiger partial charge in [-0.3, -0.25) is 0 Å². The summed E-state index contributed by atoms with van der Waals surface area (Å²) >= 11 is 7.11. The molecule has 1 fully saturated rings. The van der Waals surface area contributed by atoms with Crippen LogP contribution >= 0.6 is 22.9 Å². The van der Waals surface area contributed by atoms with Gasteiger partial charge in [-0.05, 0) is 18.8 Å². The SMILES string of the molecule is OC(CNc1nc(Cl)cs1)C1CC1. The summed E-state index contributed by atoms with van der Waals surface area (Å²) in [6.07, 6.45) is 2.07. The lowest BCUT2D eigenvalue weighted by Gasteiger charge is -2.08. The molecule has 1 atom stereocenters. The molecule has 0 radical (unpaired) electrons. The van der Waals surface area contributed by atoms with Crippen molar-refractivity contribution in [2.45, 2.75) is 18.9 Å². The molecule has 1 aromatic heterocycles. The van der Waals surface area contributed by atoms with E-state index in [1.807, 2.05) is 0 Å². The van der Waals surface area contributed by atoms with Crippen LogP contribution in [0.4, 0.5) is 5.13 Å². The molecule has 0 saturated heterocycles. The molecule has 1 aromatic rings. The number of rotatable bonds is 4. The molecule has 13 heavy (non-hydrogen) atoms.